The van der Waals surface area contributed by atoms with E-state index >= 15 is 0 Å². The molecule has 0 aromatic carbocycles. The number of carboxylic acid groups (broad SMARTS) is 1. The third-order valence-electron chi connectivity index (χ3n) is 2.45. The number of likely N-dealkylation sites (N-methyl/N-ethyl adjacent to an activating group) is 1. The van der Waals surface area contributed by atoms with Gasteiger partial charge in [0.2, 0.25) is 0 Å². The summed E-state index contributed by atoms with van der Waals surface area (Å²) in [6.07, 6.45) is 0.876. The first kappa shape index (κ1) is 14.7. The number of rotatable bonds is 5. The highest BCUT2D eigenvalue weighted by Crippen LogP contribution is 2.05. The Morgan fingerprint density at radius 2 is 1.75 bits per heavy atom. The van der Waals surface area contributed by atoms with E-state index < -0.39 is 12.0 Å². The lowest BCUT2D eigenvalue weighted by molar-refractivity contribution is -0.141. The summed E-state index contributed by atoms with van der Waals surface area (Å²) in [6.45, 7) is 7.55. The SMILES string of the molecule is CC(C)CC(C)NC(=O)N(C)C(C)C(=O)O. The molecule has 0 aliphatic heterocycles. The number of hydrogen-bond donors (Lipinski definition) is 2. The van der Waals surface area contributed by atoms with E-state index in [2.05, 4.69) is 19.2 Å². The van der Waals surface area contributed by atoms with E-state index in [0.717, 1.165) is 6.42 Å². The first-order valence-electron chi connectivity index (χ1n) is 5.51. The number of hydrogen-bond acceptors (Lipinski definition) is 2. The highest BCUT2D eigenvalue weighted by molar-refractivity contribution is 5.82. The van der Waals surface area contributed by atoms with Crippen molar-refractivity contribution in [1.82, 2.24) is 10.2 Å². The summed E-state index contributed by atoms with van der Waals surface area (Å²) in [5.74, 6) is -0.508. The molecule has 0 spiro atoms. The predicted molar refractivity (Wildman–Crippen MR) is 62.3 cm³/mol. The van der Waals surface area contributed by atoms with Crippen molar-refractivity contribution in [2.45, 2.75) is 46.2 Å². The summed E-state index contributed by atoms with van der Waals surface area (Å²) >= 11 is 0. The minimum absolute atomic E-state index is 0.0518. The third-order valence-corrected chi connectivity index (χ3v) is 2.45. The molecule has 0 fully saturated rings. The Bertz CT molecular complexity index is 254. The van der Waals surface area contributed by atoms with Gasteiger partial charge >= 0.3 is 12.0 Å². The molecule has 2 N–H and O–H groups in total. The highest BCUT2D eigenvalue weighted by Gasteiger charge is 2.22. The maximum absolute atomic E-state index is 11.6. The van der Waals surface area contributed by atoms with Crippen LogP contribution in [0.4, 0.5) is 4.79 Å². The molecule has 5 nitrogen and oxygen atoms in total. The normalized spacial score (nSPS) is 14.4. The molecule has 0 saturated heterocycles. The standard InChI is InChI=1S/C11H22N2O3/c1-7(2)6-8(3)12-11(16)13(5)9(4)10(14)15/h7-9H,6H2,1-5H3,(H,12,16)(H,14,15). The lowest BCUT2D eigenvalue weighted by Crippen LogP contribution is -2.48. The van der Waals surface area contributed by atoms with E-state index in [0.29, 0.717) is 5.92 Å². The summed E-state index contributed by atoms with van der Waals surface area (Å²) in [5.41, 5.74) is 0. The molecule has 0 bridgehead atoms. The minimum atomic E-state index is -1.01. The monoisotopic (exact) mass is 230 g/mol. The zero-order chi connectivity index (χ0) is 12.9. The fraction of sp³-hybridized carbons (Fsp3) is 0.818. The van der Waals surface area contributed by atoms with E-state index in [4.69, 9.17) is 5.11 Å². The third kappa shape index (κ3) is 5.00. The molecular formula is C11H22N2O3. The molecule has 0 rings (SSSR count). The van der Waals surface area contributed by atoms with E-state index in [1.54, 1.807) is 0 Å². The van der Waals surface area contributed by atoms with Gasteiger partial charge in [-0.1, -0.05) is 13.8 Å². The van der Waals surface area contributed by atoms with Crippen LogP contribution in [0.15, 0.2) is 0 Å². The van der Waals surface area contributed by atoms with Gasteiger partial charge in [-0.2, -0.15) is 0 Å². The number of amides is 2. The van der Waals surface area contributed by atoms with E-state index in [-0.39, 0.29) is 12.1 Å². The van der Waals surface area contributed by atoms with Gasteiger partial charge in [-0.25, -0.2) is 9.59 Å². The molecule has 0 aliphatic carbocycles. The van der Waals surface area contributed by atoms with Crippen LogP contribution in [0.5, 0.6) is 0 Å². The zero-order valence-corrected chi connectivity index (χ0v) is 10.7. The van der Waals surface area contributed by atoms with Gasteiger partial charge in [-0.15, -0.1) is 0 Å². The summed E-state index contributed by atoms with van der Waals surface area (Å²) in [6, 6.07) is -1.11. The van der Waals surface area contributed by atoms with Crippen molar-refractivity contribution in [2.24, 2.45) is 5.92 Å². The first-order valence-corrected chi connectivity index (χ1v) is 5.51. The molecule has 5 heteroatoms. The van der Waals surface area contributed by atoms with Gasteiger partial charge in [-0.05, 0) is 26.2 Å². The van der Waals surface area contributed by atoms with E-state index in [1.807, 2.05) is 6.92 Å². The summed E-state index contributed by atoms with van der Waals surface area (Å²) in [4.78, 5) is 23.5. The smallest absolute Gasteiger partial charge is 0.326 e. The number of carboxylic acids is 1. The summed E-state index contributed by atoms with van der Waals surface area (Å²) in [5, 5.41) is 11.5. The van der Waals surface area contributed by atoms with Crippen molar-refractivity contribution < 1.29 is 14.7 Å². The van der Waals surface area contributed by atoms with Gasteiger partial charge in [-0.3, -0.25) is 0 Å². The number of aliphatic carboxylic acids is 1. The average Bonchev–Trinajstić information content (AvgIpc) is 2.13. The summed E-state index contributed by atoms with van der Waals surface area (Å²) in [7, 11) is 1.48. The Labute approximate surface area is 96.8 Å². The van der Waals surface area contributed by atoms with E-state index in [9.17, 15) is 9.59 Å². The Kier molecular flexibility index (Phi) is 5.85. The maximum atomic E-state index is 11.6. The van der Waals surface area contributed by atoms with Gasteiger partial charge in [0.05, 0.1) is 0 Å². The van der Waals surface area contributed by atoms with Gasteiger partial charge in [0.15, 0.2) is 0 Å². The fourth-order valence-corrected chi connectivity index (χ4v) is 1.42. The molecule has 0 heterocycles. The van der Waals surface area contributed by atoms with Crippen LogP contribution in [-0.4, -0.2) is 41.1 Å². The van der Waals surface area contributed by atoms with Crippen molar-refractivity contribution in [3.63, 3.8) is 0 Å². The van der Waals surface area contributed by atoms with Crippen LogP contribution in [0.3, 0.4) is 0 Å². The second-order valence-electron chi connectivity index (χ2n) is 4.61. The molecule has 94 valence electrons. The molecular weight excluding hydrogens is 208 g/mol. The largest absolute Gasteiger partial charge is 0.480 e. The fourth-order valence-electron chi connectivity index (χ4n) is 1.42. The van der Waals surface area contributed by atoms with Crippen LogP contribution in [0.25, 0.3) is 0 Å². The van der Waals surface area contributed by atoms with Crippen molar-refractivity contribution in [1.29, 1.82) is 0 Å². The molecule has 2 unspecified atom stereocenters. The second-order valence-corrected chi connectivity index (χ2v) is 4.61. The van der Waals surface area contributed by atoms with Crippen molar-refractivity contribution >= 4 is 12.0 Å². The molecule has 0 aromatic rings. The number of carbonyl (C=O) groups is 2. The van der Waals surface area contributed by atoms with Gasteiger partial charge in [0.25, 0.3) is 0 Å². The maximum Gasteiger partial charge on any atom is 0.326 e. The van der Waals surface area contributed by atoms with Crippen LogP contribution in [0.2, 0.25) is 0 Å². The Morgan fingerprint density at radius 1 is 1.25 bits per heavy atom. The number of nitrogens with one attached hydrogen (secondary N) is 1. The van der Waals surface area contributed by atoms with Crippen LogP contribution in [0.1, 0.15) is 34.1 Å². The Balaban J connectivity index is 4.20. The molecule has 2 amide bonds. The molecule has 2 atom stereocenters. The zero-order valence-electron chi connectivity index (χ0n) is 10.7. The molecule has 0 radical (unpaired) electrons. The van der Waals surface area contributed by atoms with Crippen LogP contribution < -0.4 is 5.32 Å². The Hall–Kier alpha value is -1.26. The molecule has 0 aromatic heterocycles. The van der Waals surface area contributed by atoms with Crippen molar-refractivity contribution in [3.05, 3.63) is 0 Å². The number of carbonyl (C=O) groups excluding carboxylic acids is 1. The molecule has 0 aliphatic rings. The van der Waals surface area contributed by atoms with Gasteiger partial charge in [0.1, 0.15) is 6.04 Å². The lowest BCUT2D eigenvalue weighted by Gasteiger charge is -2.24. The summed E-state index contributed by atoms with van der Waals surface area (Å²) < 4.78 is 0. The topological polar surface area (TPSA) is 69.6 Å². The molecule has 16 heavy (non-hydrogen) atoms. The second kappa shape index (κ2) is 6.35. The van der Waals surface area contributed by atoms with E-state index in [1.165, 1.54) is 18.9 Å². The number of nitrogens with zero attached hydrogens (tertiary/aromatic N) is 1. The van der Waals surface area contributed by atoms with Gasteiger partial charge in [0, 0.05) is 13.1 Å². The molecule has 0 saturated carbocycles. The van der Waals surface area contributed by atoms with Crippen LogP contribution >= 0.6 is 0 Å². The Morgan fingerprint density at radius 3 is 2.12 bits per heavy atom. The van der Waals surface area contributed by atoms with Gasteiger partial charge < -0.3 is 15.3 Å². The highest BCUT2D eigenvalue weighted by atomic mass is 16.4. The van der Waals surface area contributed by atoms with Crippen LogP contribution in [-0.2, 0) is 4.79 Å². The quantitative estimate of drug-likeness (QED) is 0.752. The van der Waals surface area contributed by atoms with Crippen molar-refractivity contribution in [3.8, 4) is 0 Å². The lowest BCUT2D eigenvalue weighted by atomic mass is 10.1. The first-order chi connectivity index (χ1) is 7.25. The number of urea groups is 1. The minimum Gasteiger partial charge on any atom is -0.480 e. The average molecular weight is 230 g/mol. The predicted octanol–water partition coefficient (Wildman–Crippen LogP) is 1.54. The van der Waals surface area contributed by atoms with Crippen LogP contribution in [0, 0.1) is 5.92 Å². The van der Waals surface area contributed by atoms with Crippen molar-refractivity contribution in [2.75, 3.05) is 7.05 Å².